The zero-order valence-corrected chi connectivity index (χ0v) is 14.6. The molecule has 1 aromatic heterocycles. The van der Waals surface area contributed by atoms with Crippen molar-refractivity contribution in [3.05, 3.63) is 59.9 Å². The minimum atomic E-state index is -0.476. The summed E-state index contributed by atoms with van der Waals surface area (Å²) in [5.41, 5.74) is 3.64. The number of nitrogens with one attached hydrogen (secondary N) is 1. The van der Waals surface area contributed by atoms with Crippen LogP contribution in [0.25, 0.3) is 11.0 Å². The molecule has 0 saturated carbocycles. The van der Waals surface area contributed by atoms with Crippen LogP contribution >= 0.6 is 0 Å². The standard InChI is InChI=1S/C20H17N3O4/c1-2-25-16-7-8-18-15(11-16)12-19(27-18)20(24)23-22-13-14-5-3-4-6-17(14)26-10-9-21/h3-8,11-13H,2,10H2,1H3,(H,23,24)/b22-13+. The number of hydrogen-bond acceptors (Lipinski definition) is 6. The molecule has 136 valence electrons. The molecule has 0 saturated heterocycles. The quantitative estimate of drug-likeness (QED) is 0.512. The Morgan fingerprint density at radius 1 is 1.26 bits per heavy atom. The van der Waals surface area contributed by atoms with E-state index in [2.05, 4.69) is 10.5 Å². The number of nitriles is 1. The average molecular weight is 363 g/mol. The van der Waals surface area contributed by atoms with Crippen LogP contribution < -0.4 is 14.9 Å². The van der Waals surface area contributed by atoms with Crippen LogP contribution in [0.4, 0.5) is 0 Å². The molecule has 0 fully saturated rings. The van der Waals surface area contributed by atoms with E-state index in [4.69, 9.17) is 19.2 Å². The minimum Gasteiger partial charge on any atom is -0.494 e. The van der Waals surface area contributed by atoms with Crippen molar-refractivity contribution in [3.63, 3.8) is 0 Å². The van der Waals surface area contributed by atoms with Crippen molar-refractivity contribution in [1.82, 2.24) is 5.43 Å². The Kier molecular flexibility index (Phi) is 5.70. The van der Waals surface area contributed by atoms with Crippen molar-refractivity contribution in [2.24, 2.45) is 5.10 Å². The van der Waals surface area contributed by atoms with Crippen LogP contribution in [0.2, 0.25) is 0 Å². The third-order valence-electron chi connectivity index (χ3n) is 3.60. The van der Waals surface area contributed by atoms with Crippen molar-refractivity contribution >= 4 is 23.1 Å². The van der Waals surface area contributed by atoms with Crippen LogP contribution in [0, 0.1) is 11.3 Å². The lowest BCUT2D eigenvalue weighted by molar-refractivity contribution is 0.0929. The average Bonchev–Trinajstić information content (AvgIpc) is 3.11. The summed E-state index contributed by atoms with van der Waals surface area (Å²) in [6.45, 7) is 2.39. The number of hydrazone groups is 1. The molecule has 7 heteroatoms. The van der Waals surface area contributed by atoms with E-state index in [9.17, 15) is 4.79 Å². The molecule has 2 aromatic carbocycles. The van der Waals surface area contributed by atoms with E-state index < -0.39 is 5.91 Å². The van der Waals surface area contributed by atoms with Gasteiger partial charge in [0, 0.05) is 10.9 Å². The number of nitrogens with zero attached hydrogens (tertiary/aromatic N) is 2. The van der Waals surface area contributed by atoms with Crippen molar-refractivity contribution < 1.29 is 18.7 Å². The highest BCUT2D eigenvalue weighted by molar-refractivity contribution is 5.97. The lowest BCUT2D eigenvalue weighted by atomic mass is 10.2. The first-order valence-electron chi connectivity index (χ1n) is 8.30. The summed E-state index contributed by atoms with van der Waals surface area (Å²) in [7, 11) is 0. The van der Waals surface area contributed by atoms with Gasteiger partial charge < -0.3 is 13.9 Å². The van der Waals surface area contributed by atoms with Gasteiger partial charge in [0.05, 0.1) is 12.8 Å². The molecule has 3 rings (SSSR count). The number of hydrogen-bond donors (Lipinski definition) is 1. The van der Waals surface area contributed by atoms with E-state index in [1.54, 1.807) is 42.5 Å². The number of rotatable bonds is 7. The molecule has 0 aliphatic heterocycles. The van der Waals surface area contributed by atoms with Crippen LogP contribution in [0.15, 0.2) is 58.0 Å². The molecule has 0 aliphatic rings. The van der Waals surface area contributed by atoms with Gasteiger partial charge >= 0.3 is 5.91 Å². The normalized spacial score (nSPS) is 10.7. The third kappa shape index (κ3) is 4.44. The highest BCUT2D eigenvalue weighted by Crippen LogP contribution is 2.24. The number of carbonyl (C=O) groups excluding carboxylic acids is 1. The number of carbonyl (C=O) groups is 1. The number of para-hydroxylation sites is 1. The Hall–Kier alpha value is -3.79. The van der Waals surface area contributed by atoms with Crippen LogP contribution in [0.1, 0.15) is 23.0 Å². The fourth-order valence-corrected chi connectivity index (χ4v) is 2.43. The maximum Gasteiger partial charge on any atom is 0.307 e. The summed E-state index contributed by atoms with van der Waals surface area (Å²) in [5.74, 6) is 0.884. The third-order valence-corrected chi connectivity index (χ3v) is 3.60. The van der Waals surface area contributed by atoms with Crippen LogP contribution in [0.5, 0.6) is 11.5 Å². The summed E-state index contributed by atoms with van der Waals surface area (Å²) in [4.78, 5) is 12.2. The van der Waals surface area contributed by atoms with Crippen LogP contribution in [-0.2, 0) is 0 Å². The predicted octanol–water partition coefficient (Wildman–Crippen LogP) is 3.50. The monoisotopic (exact) mass is 363 g/mol. The number of amides is 1. The highest BCUT2D eigenvalue weighted by atomic mass is 16.5. The second-order valence-corrected chi connectivity index (χ2v) is 5.43. The van der Waals surface area contributed by atoms with Crippen molar-refractivity contribution in [1.29, 1.82) is 5.26 Å². The molecule has 3 aromatic rings. The molecule has 0 aliphatic carbocycles. The van der Waals surface area contributed by atoms with Crippen LogP contribution in [0.3, 0.4) is 0 Å². The SMILES string of the molecule is CCOc1ccc2oc(C(=O)N/N=C/c3ccccc3OCC#N)cc2c1. The lowest BCUT2D eigenvalue weighted by Gasteiger charge is -2.04. The fraction of sp³-hybridized carbons (Fsp3) is 0.150. The van der Waals surface area contributed by atoms with Gasteiger partial charge in [0.1, 0.15) is 23.2 Å². The molecule has 0 bridgehead atoms. The fourth-order valence-electron chi connectivity index (χ4n) is 2.43. The van der Waals surface area contributed by atoms with Crippen molar-refractivity contribution in [3.8, 4) is 17.6 Å². The molecule has 0 radical (unpaired) electrons. The number of ether oxygens (including phenoxy) is 2. The Labute approximate surface area is 155 Å². The first-order chi connectivity index (χ1) is 13.2. The topological polar surface area (TPSA) is 96.8 Å². The highest BCUT2D eigenvalue weighted by Gasteiger charge is 2.12. The summed E-state index contributed by atoms with van der Waals surface area (Å²) in [6, 6.07) is 16.0. The zero-order chi connectivity index (χ0) is 19.1. The Morgan fingerprint density at radius 3 is 2.93 bits per heavy atom. The predicted molar refractivity (Wildman–Crippen MR) is 100.0 cm³/mol. The maximum atomic E-state index is 12.2. The zero-order valence-electron chi connectivity index (χ0n) is 14.6. The summed E-state index contributed by atoms with van der Waals surface area (Å²) >= 11 is 0. The molecule has 27 heavy (non-hydrogen) atoms. The summed E-state index contributed by atoms with van der Waals surface area (Å²) in [6.07, 6.45) is 1.44. The van der Waals surface area contributed by atoms with Gasteiger partial charge in [0.15, 0.2) is 12.4 Å². The molecule has 1 heterocycles. The lowest BCUT2D eigenvalue weighted by Crippen LogP contribution is -2.16. The van der Waals surface area contributed by atoms with Gasteiger partial charge in [0.25, 0.3) is 0 Å². The van der Waals surface area contributed by atoms with Gasteiger partial charge in [-0.1, -0.05) is 12.1 Å². The minimum absolute atomic E-state index is 0.0695. The largest absolute Gasteiger partial charge is 0.494 e. The molecule has 1 N–H and O–H groups in total. The van der Waals surface area contributed by atoms with E-state index in [0.29, 0.717) is 29.3 Å². The molecular formula is C20H17N3O4. The van der Waals surface area contributed by atoms with E-state index in [1.165, 1.54) is 6.21 Å². The van der Waals surface area contributed by atoms with Crippen molar-refractivity contribution in [2.75, 3.05) is 13.2 Å². The number of furan rings is 1. The molecule has 0 spiro atoms. The van der Waals surface area contributed by atoms with E-state index >= 15 is 0 Å². The van der Waals surface area contributed by atoms with Gasteiger partial charge in [-0.25, -0.2) is 5.43 Å². The molecule has 0 unspecified atom stereocenters. The van der Waals surface area contributed by atoms with E-state index in [-0.39, 0.29) is 12.4 Å². The smallest absolute Gasteiger partial charge is 0.307 e. The Morgan fingerprint density at radius 2 is 2.11 bits per heavy atom. The first-order valence-corrected chi connectivity index (χ1v) is 8.30. The second kappa shape index (κ2) is 8.54. The molecular weight excluding hydrogens is 346 g/mol. The van der Waals surface area contributed by atoms with Crippen molar-refractivity contribution in [2.45, 2.75) is 6.92 Å². The van der Waals surface area contributed by atoms with E-state index in [1.807, 2.05) is 19.1 Å². The van der Waals surface area contributed by atoms with Gasteiger partial charge in [-0.3, -0.25) is 4.79 Å². The summed E-state index contributed by atoms with van der Waals surface area (Å²) < 4.78 is 16.3. The molecule has 1 amide bonds. The van der Waals surface area contributed by atoms with Gasteiger partial charge in [-0.05, 0) is 43.3 Å². The molecule has 0 atom stereocenters. The number of fused-ring (bicyclic) bond motifs is 1. The summed E-state index contributed by atoms with van der Waals surface area (Å²) in [5, 5.41) is 13.3. The van der Waals surface area contributed by atoms with E-state index in [0.717, 1.165) is 5.39 Å². The van der Waals surface area contributed by atoms with Gasteiger partial charge in [0.2, 0.25) is 0 Å². The Balaban J connectivity index is 1.70. The van der Waals surface area contributed by atoms with Crippen LogP contribution in [-0.4, -0.2) is 25.3 Å². The second-order valence-electron chi connectivity index (χ2n) is 5.43. The number of benzene rings is 2. The maximum absolute atomic E-state index is 12.2. The van der Waals surface area contributed by atoms with Gasteiger partial charge in [-0.15, -0.1) is 0 Å². The van der Waals surface area contributed by atoms with Gasteiger partial charge in [-0.2, -0.15) is 10.4 Å². The molecule has 7 nitrogen and oxygen atoms in total. The first kappa shape index (κ1) is 18.0. The Bertz CT molecular complexity index is 1020.